The number of nitrogens with one attached hydrogen (secondary N) is 1. The molecule has 1 aromatic heterocycles. The van der Waals surface area contributed by atoms with E-state index in [1.807, 2.05) is 4.90 Å². The third-order valence-corrected chi connectivity index (χ3v) is 3.86. The van der Waals surface area contributed by atoms with Gasteiger partial charge in [-0.3, -0.25) is 4.79 Å². The fourth-order valence-electron chi connectivity index (χ4n) is 2.64. The molecular weight excluding hydrogens is 252 g/mol. The Morgan fingerprint density at radius 2 is 2.00 bits per heavy atom. The molecule has 20 heavy (non-hydrogen) atoms. The topological polar surface area (TPSA) is 58.1 Å². The van der Waals surface area contributed by atoms with Gasteiger partial charge in [0.25, 0.3) is 5.91 Å². The van der Waals surface area contributed by atoms with Crippen LogP contribution in [-0.2, 0) is 0 Å². The van der Waals surface area contributed by atoms with E-state index in [9.17, 15) is 4.79 Å². The second-order valence-corrected chi connectivity index (χ2v) is 5.22. The molecule has 0 bridgehead atoms. The summed E-state index contributed by atoms with van der Waals surface area (Å²) in [6, 6.07) is 1.99. The van der Waals surface area contributed by atoms with Crippen molar-refractivity contribution in [2.45, 2.75) is 52.0 Å². The molecule has 0 atom stereocenters. The molecule has 0 unspecified atom stereocenters. The van der Waals surface area contributed by atoms with Crippen LogP contribution in [0.25, 0.3) is 0 Å². The molecule has 1 fully saturated rings. The second-order valence-electron chi connectivity index (χ2n) is 5.22. The van der Waals surface area contributed by atoms with E-state index in [-0.39, 0.29) is 5.91 Å². The molecule has 0 saturated heterocycles. The molecule has 110 valence electrons. The first-order valence-electron chi connectivity index (χ1n) is 7.63. The van der Waals surface area contributed by atoms with Gasteiger partial charge in [-0.15, -0.1) is 0 Å². The molecule has 5 heteroatoms. The van der Waals surface area contributed by atoms with Crippen LogP contribution in [0.4, 0.5) is 5.95 Å². The SMILES string of the molecule is CCN(CC)c1nccc(C(=O)NC2CCCCC2)n1. The first kappa shape index (κ1) is 14.8. The minimum atomic E-state index is -0.0762. The first-order valence-corrected chi connectivity index (χ1v) is 7.63. The van der Waals surface area contributed by atoms with Gasteiger partial charge in [0.05, 0.1) is 0 Å². The number of anilines is 1. The van der Waals surface area contributed by atoms with Gasteiger partial charge in [-0.1, -0.05) is 19.3 Å². The highest BCUT2D eigenvalue weighted by Gasteiger charge is 2.18. The molecular formula is C15H24N4O. The number of rotatable bonds is 5. The summed E-state index contributed by atoms with van der Waals surface area (Å²) in [5, 5.41) is 3.09. The van der Waals surface area contributed by atoms with Crippen molar-refractivity contribution in [2.24, 2.45) is 0 Å². The summed E-state index contributed by atoms with van der Waals surface area (Å²) in [5.41, 5.74) is 0.465. The highest BCUT2D eigenvalue weighted by Crippen LogP contribution is 2.17. The van der Waals surface area contributed by atoms with Gasteiger partial charge < -0.3 is 10.2 Å². The van der Waals surface area contributed by atoms with Gasteiger partial charge in [0.2, 0.25) is 5.95 Å². The number of hydrogen-bond donors (Lipinski definition) is 1. The predicted molar refractivity (Wildman–Crippen MR) is 79.9 cm³/mol. The molecule has 1 N–H and O–H groups in total. The molecule has 1 aromatic rings. The van der Waals surface area contributed by atoms with Crippen molar-refractivity contribution in [3.05, 3.63) is 18.0 Å². The molecule has 2 rings (SSSR count). The maximum Gasteiger partial charge on any atom is 0.270 e. The second kappa shape index (κ2) is 7.22. The summed E-state index contributed by atoms with van der Waals surface area (Å²) in [6.45, 7) is 5.79. The molecule has 1 heterocycles. The average molecular weight is 276 g/mol. The summed E-state index contributed by atoms with van der Waals surface area (Å²) in [5.74, 6) is 0.555. The normalized spacial score (nSPS) is 15.9. The predicted octanol–water partition coefficient (Wildman–Crippen LogP) is 2.39. The van der Waals surface area contributed by atoms with Gasteiger partial charge in [-0.25, -0.2) is 9.97 Å². The molecule has 1 aliphatic rings. The van der Waals surface area contributed by atoms with Crippen molar-refractivity contribution in [1.82, 2.24) is 15.3 Å². The Labute approximate surface area is 120 Å². The van der Waals surface area contributed by atoms with E-state index in [2.05, 4.69) is 29.1 Å². The largest absolute Gasteiger partial charge is 0.348 e. The number of amides is 1. The maximum absolute atomic E-state index is 12.2. The van der Waals surface area contributed by atoms with Crippen molar-refractivity contribution in [1.29, 1.82) is 0 Å². The van der Waals surface area contributed by atoms with Gasteiger partial charge in [0, 0.05) is 25.3 Å². The van der Waals surface area contributed by atoms with Gasteiger partial charge in [-0.05, 0) is 32.8 Å². The monoisotopic (exact) mass is 276 g/mol. The summed E-state index contributed by atoms with van der Waals surface area (Å²) < 4.78 is 0. The van der Waals surface area contributed by atoms with E-state index in [1.165, 1.54) is 19.3 Å². The summed E-state index contributed by atoms with van der Waals surface area (Å²) in [6.07, 6.45) is 7.53. The minimum absolute atomic E-state index is 0.0762. The lowest BCUT2D eigenvalue weighted by Crippen LogP contribution is -2.37. The third-order valence-electron chi connectivity index (χ3n) is 3.86. The number of nitrogens with zero attached hydrogens (tertiary/aromatic N) is 3. The van der Waals surface area contributed by atoms with Gasteiger partial charge in [0.15, 0.2) is 0 Å². The van der Waals surface area contributed by atoms with Crippen LogP contribution >= 0.6 is 0 Å². The van der Waals surface area contributed by atoms with Crippen LogP contribution in [0.1, 0.15) is 56.4 Å². The van der Waals surface area contributed by atoms with Crippen LogP contribution in [0.15, 0.2) is 12.3 Å². The summed E-state index contributed by atoms with van der Waals surface area (Å²) in [7, 11) is 0. The Hall–Kier alpha value is -1.65. The van der Waals surface area contributed by atoms with Crippen molar-refractivity contribution in [3.8, 4) is 0 Å². The molecule has 0 aliphatic heterocycles. The number of hydrogen-bond acceptors (Lipinski definition) is 4. The Morgan fingerprint density at radius 3 is 2.65 bits per heavy atom. The van der Waals surface area contributed by atoms with Crippen molar-refractivity contribution in [2.75, 3.05) is 18.0 Å². The fourth-order valence-corrected chi connectivity index (χ4v) is 2.64. The van der Waals surface area contributed by atoms with Crippen LogP contribution in [-0.4, -0.2) is 35.0 Å². The number of carbonyl (C=O) groups is 1. The van der Waals surface area contributed by atoms with Crippen molar-refractivity contribution >= 4 is 11.9 Å². The van der Waals surface area contributed by atoms with Gasteiger partial charge in [-0.2, -0.15) is 0 Å². The highest BCUT2D eigenvalue weighted by atomic mass is 16.1. The third kappa shape index (κ3) is 3.68. The van der Waals surface area contributed by atoms with E-state index in [4.69, 9.17) is 0 Å². The molecule has 0 aromatic carbocycles. The molecule has 5 nitrogen and oxygen atoms in total. The lowest BCUT2D eigenvalue weighted by Gasteiger charge is -2.23. The van der Waals surface area contributed by atoms with Crippen molar-refractivity contribution in [3.63, 3.8) is 0 Å². The van der Waals surface area contributed by atoms with Crippen LogP contribution < -0.4 is 10.2 Å². The fraction of sp³-hybridized carbons (Fsp3) is 0.667. The molecule has 1 amide bonds. The zero-order valence-electron chi connectivity index (χ0n) is 12.4. The highest BCUT2D eigenvalue weighted by molar-refractivity contribution is 5.92. The quantitative estimate of drug-likeness (QED) is 0.897. The summed E-state index contributed by atoms with van der Waals surface area (Å²) in [4.78, 5) is 22.9. The van der Waals surface area contributed by atoms with Crippen LogP contribution in [0.5, 0.6) is 0 Å². The molecule has 1 saturated carbocycles. The molecule has 0 spiro atoms. The van der Waals surface area contributed by atoms with Crippen LogP contribution in [0.2, 0.25) is 0 Å². The van der Waals surface area contributed by atoms with Crippen LogP contribution in [0, 0.1) is 0 Å². The zero-order valence-corrected chi connectivity index (χ0v) is 12.4. The van der Waals surface area contributed by atoms with E-state index in [0.717, 1.165) is 25.9 Å². The van der Waals surface area contributed by atoms with E-state index in [1.54, 1.807) is 12.3 Å². The van der Waals surface area contributed by atoms with E-state index < -0.39 is 0 Å². The number of carbonyl (C=O) groups excluding carboxylic acids is 1. The van der Waals surface area contributed by atoms with Gasteiger partial charge in [0.1, 0.15) is 5.69 Å². The van der Waals surface area contributed by atoms with E-state index in [0.29, 0.717) is 17.7 Å². The van der Waals surface area contributed by atoms with Crippen LogP contribution in [0.3, 0.4) is 0 Å². The zero-order chi connectivity index (χ0) is 14.4. The van der Waals surface area contributed by atoms with Crippen molar-refractivity contribution < 1.29 is 4.79 Å². The Balaban J connectivity index is 2.03. The Morgan fingerprint density at radius 1 is 1.30 bits per heavy atom. The Kier molecular flexibility index (Phi) is 5.32. The molecule has 0 radical (unpaired) electrons. The first-order chi connectivity index (χ1) is 9.74. The minimum Gasteiger partial charge on any atom is -0.348 e. The standard InChI is InChI=1S/C15H24N4O/c1-3-19(4-2)15-16-11-10-13(18-15)14(20)17-12-8-6-5-7-9-12/h10-12H,3-9H2,1-2H3,(H,17,20). The smallest absolute Gasteiger partial charge is 0.270 e. The maximum atomic E-state index is 12.2. The molecule has 1 aliphatic carbocycles. The summed E-state index contributed by atoms with van der Waals surface area (Å²) >= 11 is 0. The van der Waals surface area contributed by atoms with E-state index >= 15 is 0 Å². The average Bonchev–Trinajstić information content (AvgIpc) is 2.50. The lowest BCUT2D eigenvalue weighted by atomic mass is 9.95. The lowest BCUT2D eigenvalue weighted by molar-refractivity contribution is 0.0922. The van der Waals surface area contributed by atoms with Gasteiger partial charge >= 0.3 is 0 Å². The Bertz CT molecular complexity index is 439. The number of aromatic nitrogens is 2.